The van der Waals surface area contributed by atoms with Gasteiger partial charge in [0.05, 0.1) is 12.6 Å². The normalized spacial score (nSPS) is 16.2. The van der Waals surface area contributed by atoms with E-state index in [1.165, 1.54) is 17.7 Å². The third kappa shape index (κ3) is 6.60. The average molecular weight is 427 g/mol. The van der Waals surface area contributed by atoms with Crippen LogP contribution in [-0.2, 0) is 9.59 Å². The third-order valence-corrected chi connectivity index (χ3v) is 5.67. The number of hydrogen-bond donors (Lipinski definition) is 2. The maximum Gasteiger partial charge on any atom is 0.241 e. The van der Waals surface area contributed by atoms with E-state index in [2.05, 4.69) is 34.3 Å². The highest BCUT2D eigenvalue weighted by Gasteiger charge is 2.26. The first-order valence-electron chi connectivity index (χ1n) is 10.7. The lowest BCUT2D eigenvalue weighted by Crippen LogP contribution is -2.53. The zero-order chi connectivity index (χ0) is 22.4. The molecular formula is C24H31FN4O2. The van der Waals surface area contributed by atoms with Crippen molar-refractivity contribution in [1.29, 1.82) is 0 Å². The number of carbonyl (C=O) groups is 2. The van der Waals surface area contributed by atoms with Crippen molar-refractivity contribution in [2.75, 3.05) is 43.4 Å². The zero-order valence-electron chi connectivity index (χ0n) is 18.4. The molecule has 0 unspecified atom stereocenters. The van der Waals surface area contributed by atoms with Gasteiger partial charge in [0, 0.05) is 37.6 Å². The zero-order valence-corrected chi connectivity index (χ0v) is 18.4. The summed E-state index contributed by atoms with van der Waals surface area (Å²) >= 11 is 0. The van der Waals surface area contributed by atoms with Crippen LogP contribution >= 0.6 is 0 Å². The molecule has 1 fully saturated rings. The summed E-state index contributed by atoms with van der Waals surface area (Å²) in [5.74, 6) is -0.0342. The van der Waals surface area contributed by atoms with Crippen LogP contribution in [0, 0.1) is 5.82 Å². The Labute approximate surface area is 183 Å². The summed E-state index contributed by atoms with van der Waals surface area (Å²) in [6.07, 6.45) is 0. The highest BCUT2D eigenvalue weighted by atomic mass is 19.1. The number of nitrogens with zero attached hydrogens (tertiary/aromatic N) is 2. The second kappa shape index (κ2) is 10.5. The van der Waals surface area contributed by atoms with Crippen molar-refractivity contribution in [3.05, 3.63) is 59.9 Å². The van der Waals surface area contributed by atoms with E-state index in [-0.39, 0.29) is 30.2 Å². The highest BCUT2D eigenvalue weighted by Crippen LogP contribution is 2.18. The van der Waals surface area contributed by atoms with Gasteiger partial charge in [-0.2, -0.15) is 0 Å². The molecule has 0 spiro atoms. The van der Waals surface area contributed by atoms with Crippen LogP contribution in [0.3, 0.4) is 0 Å². The molecule has 1 aliphatic rings. The molecule has 0 aliphatic carbocycles. The van der Waals surface area contributed by atoms with E-state index in [1.807, 2.05) is 31.2 Å². The standard InChI is InChI=1S/C24H31FN4O2/c1-17(2)19-4-8-22(9-5-19)27-24(31)18(3)29-14-12-28(13-15-29)16-23(30)26-21-10-6-20(25)7-11-21/h4-11,17-18H,12-16H2,1-3H3,(H,26,30)(H,27,31)/t18-/m0/s1. The largest absolute Gasteiger partial charge is 0.325 e. The maximum atomic E-state index is 13.0. The SMILES string of the molecule is CC(C)c1ccc(NC(=O)[C@H](C)N2CCN(CC(=O)Nc3ccc(F)cc3)CC2)cc1. The molecule has 2 amide bonds. The number of halogens is 1. The summed E-state index contributed by atoms with van der Waals surface area (Å²) in [4.78, 5) is 29.1. The fourth-order valence-corrected chi connectivity index (χ4v) is 3.61. The number of hydrogen-bond acceptors (Lipinski definition) is 4. The Hall–Kier alpha value is -2.77. The van der Waals surface area contributed by atoms with Crippen molar-refractivity contribution < 1.29 is 14.0 Å². The monoisotopic (exact) mass is 426 g/mol. The third-order valence-electron chi connectivity index (χ3n) is 5.67. The highest BCUT2D eigenvalue weighted by molar-refractivity contribution is 5.94. The Kier molecular flexibility index (Phi) is 7.76. The minimum atomic E-state index is -0.333. The molecule has 31 heavy (non-hydrogen) atoms. The van der Waals surface area contributed by atoms with Crippen LogP contribution < -0.4 is 10.6 Å². The predicted octanol–water partition coefficient (Wildman–Crippen LogP) is 3.53. The smallest absolute Gasteiger partial charge is 0.241 e. The molecule has 2 N–H and O–H groups in total. The fraction of sp³-hybridized carbons (Fsp3) is 0.417. The number of benzene rings is 2. The molecule has 1 saturated heterocycles. The molecule has 7 heteroatoms. The van der Waals surface area contributed by atoms with Gasteiger partial charge in [-0.05, 0) is 54.8 Å². The van der Waals surface area contributed by atoms with Crippen LogP contribution in [0.25, 0.3) is 0 Å². The predicted molar refractivity (Wildman–Crippen MR) is 122 cm³/mol. The van der Waals surface area contributed by atoms with Crippen LogP contribution in [0.1, 0.15) is 32.3 Å². The molecule has 0 radical (unpaired) electrons. The van der Waals surface area contributed by atoms with E-state index >= 15 is 0 Å². The van der Waals surface area contributed by atoms with Gasteiger partial charge in [-0.3, -0.25) is 19.4 Å². The molecule has 1 aliphatic heterocycles. The second-order valence-electron chi connectivity index (χ2n) is 8.31. The molecule has 2 aromatic carbocycles. The number of nitrogens with one attached hydrogen (secondary N) is 2. The first-order valence-corrected chi connectivity index (χ1v) is 10.7. The maximum absolute atomic E-state index is 13.0. The summed E-state index contributed by atoms with van der Waals surface area (Å²) in [5.41, 5.74) is 2.62. The van der Waals surface area contributed by atoms with Gasteiger partial charge in [-0.1, -0.05) is 26.0 Å². The molecule has 1 heterocycles. The molecule has 1 atom stereocenters. The number of rotatable bonds is 7. The molecular weight excluding hydrogens is 395 g/mol. The van der Waals surface area contributed by atoms with Crippen LogP contribution in [0.2, 0.25) is 0 Å². The van der Waals surface area contributed by atoms with Crippen molar-refractivity contribution in [3.8, 4) is 0 Å². The van der Waals surface area contributed by atoms with Crippen molar-refractivity contribution in [3.63, 3.8) is 0 Å². The lowest BCUT2D eigenvalue weighted by molar-refractivity contribution is -0.122. The van der Waals surface area contributed by atoms with Crippen molar-refractivity contribution in [1.82, 2.24) is 9.80 Å². The molecule has 3 rings (SSSR count). The molecule has 0 aromatic heterocycles. The number of anilines is 2. The summed E-state index contributed by atoms with van der Waals surface area (Å²) in [6, 6.07) is 13.4. The minimum absolute atomic E-state index is 0.0280. The van der Waals surface area contributed by atoms with Crippen molar-refractivity contribution in [2.45, 2.75) is 32.7 Å². The van der Waals surface area contributed by atoms with Crippen molar-refractivity contribution in [2.24, 2.45) is 0 Å². The molecule has 0 saturated carbocycles. The van der Waals surface area contributed by atoms with Crippen LogP contribution in [-0.4, -0.2) is 60.4 Å². The Morgan fingerprint density at radius 2 is 1.42 bits per heavy atom. The van der Waals surface area contributed by atoms with Gasteiger partial charge < -0.3 is 10.6 Å². The fourth-order valence-electron chi connectivity index (χ4n) is 3.61. The van der Waals surface area contributed by atoms with Crippen LogP contribution in [0.15, 0.2) is 48.5 Å². The van der Waals surface area contributed by atoms with E-state index in [4.69, 9.17) is 0 Å². The van der Waals surface area contributed by atoms with E-state index < -0.39 is 0 Å². The van der Waals surface area contributed by atoms with Gasteiger partial charge in [-0.25, -0.2) is 4.39 Å². The Morgan fingerprint density at radius 3 is 2.00 bits per heavy atom. The number of amides is 2. The molecule has 166 valence electrons. The van der Waals surface area contributed by atoms with Gasteiger partial charge in [0.2, 0.25) is 11.8 Å². The Bertz CT molecular complexity index is 875. The van der Waals surface area contributed by atoms with Gasteiger partial charge in [0.15, 0.2) is 0 Å². The summed E-state index contributed by atoms with van der Waals surface area (Å²) in [6.45, 7) is 9.30. The van der Waals surface area contributed by atoms with Gasteiger partial charge in [0.25, 0.3) is 0 Å². The summed E-state index contributed by atoms with van der Waals surface area (Å²) in [7, 11) is 0. The number of piperazine rings is 1. The Morgan fingerprint density at radius 1 is 0.871 bits per heavy atom. The summed E-state index contributed by atoms with van der Waals surface area (Å²) < 4.78 is 13.0. The first-order chi connectivity index (χ1) is 14.8. The van der Waals surface area contributed by atoms with Gasteiger partial charge >= 0.3 is 0 Å². The van der Waals surface area contributed by atoms with Gasteiger partial charge in [-0.15, -0.1) is 0 Å². The summed E-state index contributed by atoms with van der Waals surface area (Å²) in [5, 5.41) is 5.78. The van der Waals surface area contributed by atoms with E-state index in [9.17, 15) is 14.0 Å². The lowest BCUT2D eigenvalue weighted by Gasteiger charge is -2.37. The molecule has 6 nitrogen and oxygen atoms in total. The quantitative estimate of drug-likeness (QED) is 0.711. The molecule has 0 bridgehead atoms. The van der Waals surface area contributed by atoms with E-state index in [1.54, 1.807) is 12.1 Å². The van der Waals surface area contributed by atoms with Crippen molar-refractivity contribution >= 4 is 23.2 Å². The topological polar surface area (TPSA) is 64.7 Å². The Balaban J connectivity index is 1.43. The second-order valence-corrected chi connectivity index (χ2v) is 8.31. The lowest BCUT2D eigenvalue weighted by atomic mass is 10.0. The van der Waals surface area contributed by atoms with E-state index in [0.717, 1.165) is 5.69 Å². The number of carbonyl (C=O) groups excluding carboxylic acids is 2. The van der Waals surface area contributed by atoms with E-state index in [0.29, 0.717) is 37.8 Å². The average Bonchev–Trinajstić information content (AvgIpc) is 2.75. The minimum Gasteiger partial charge on any atom is -0.325 e. The first kappa shape index (κ1) is 22.9. The van der Waals surface area contributed by atoms with Crippen LogP contribution in [0.5, 0.6) is 0 Å². The van der Waals surface area contributed by atoms with Crippen LogP contribution in [0.4, 0.5) is 15.8 Å². The van der Waals surface area contributed by atoms with Gasteiger partial charge in [0.1, 0.15) is 5.82 Å². The molecule has 2 aromatic rings.